The number of aliphatic hydroxyl groups excluding tert-OH is 1. The lowest BCUT2D eigenvalue weighted by Gasteiger charge is -2.12. The minimum Gasteiger partial charge on any atom is -0.466 e. The number of anilines is 1. The molecule has 17 heavy (non-hydrogen) atoms. The van der Waals surface area contributed by atoms with Gasteiger partial charge in [0, 0.05) is 17.3 Å². The molecule has 94 valence electrons. The first kappa shape index (κ1) is 13.8. The lowest BCUT2D eigenvalue weighted by molar-refractivity contribution is -0.145. The number of benzene rings is 1. The maximum Gasteiger partial charge on any atom is 0.308 e. The van der Waals surface area contributed by atoms with Gasteiger partial charge in [-0.2, -0.15) is 0 Å². The number of carbonyl (C=O) groups is 1. The van der Waals surface area contributed by atoms with Crippen LogP contribution < -0.4 is 5.32 Å². The third-order valence-electron chi connectivity index (χ3n) is 2.09. The number of ether oxygens (including phenoxy) is 1. The molecular formula is C12H16ClNO3. The molecule has 2 N–H and O–H groups in total. The zero-order chi connectivity index (χ0) is 12.7. The number of carbonyl (C=O) groups excluding carboxylic acids is 1. The zero-order valence-corrected chi connectivity index (χ0v) is 10.4. The van der Waals surface area contributed by atoms with Gasteiger partial charge in [0.1, 0.15) is 0 Å². The second-order valence-electron chi connectivity index (χ2n) is 3.55. The first-order valence-electron chi connectivity index (χ1n) is 5.45. The maximum absolute atomic E-state index is 11.1. The molecule has 0 aliphatic carbocycles. The van der Waals surface area contributed by atoms with Gasteiger partial charge in [0.05, 0.1) is 19.1 Å². The van der Waals surface area contributed by atoms with Gasteiger partial charge in [0.2, 0.25) is 0 Å². The molecule has 1 atom stereocenters. The van der Waals surface area contributed by atoms with E-state index in [4.69, 9.17) is 16.3 Å². The van der Waals surface area contributed by atoms with Crippen LogP contribution in [0.1, 0.15) is 13.3 Å². The Bertz CT molecular complexity index is 353. The number of aliphatic hydroxyl groups is 1. The number of halogens is 1. The molecule has 0 amide bonds. The van der Waals surface area contributed by atoms with Crippen molar-refractivity contribution < 1.29 is 14.6 Å². The van der Waals surface area contributed by atoms with E-state index in [-0.39, 0.29) is 6.42 Å². The average molecular weight is 258 g/mol. The zero-order valence-electron chi connectivity index (χ0n) is 9.65. The van der Waals surface area contributed by atoms with Crippen molar-refractivity contribution in [1.29, 1.82) is 0 Å². The maximum atomic E-state index is 11.1. The van der Waals surface area contributed by atoms with Crippen LogP contribution in [0.3, 0.4) is 0 Å². The fraction of sp³-hybridized carbons (Fsp3) is 0.417. The molecule has 0 saturated heterocycles. The minimum absolute atomic E-state index is 0.00553. The van der Waals surface area contributed by atoms with Gasteiger partial charge in [0.15, 0.2) is 0 Å². The molecule has 0 aliphatic heterocycles. The van der Waals surface area contributed by atoms with Crippen LogP contribution in [0, 0.1) is 0 Å². The third kappa shape index (κ3) is 5.56. The topological polar surface area (TPSA) is 58.6 Å². The van der Waals surface area contributed by atoms with Crippen molar-refractivity contribution in [2.45, 2.75) is 19.4 Å². The lowest BCUT2D eigenvalue weighted by Crippen LogP contribution is -2.23. The fourth-order valence-corrected chi connectivity index (χ4v) is 1.41. The highest BCUT2D eigenvalue weighted by molar-refractivity contribution is 6.30. The standard InChI is InChI=1S/C12H16ClNO3/c1-2-17-12(16)7-11(15)8-14-10-5-3-9(13)4-6-10/h3-6,11,14-15H,2,7-8H2,1H3. The Labute approximate surface area is 106 Å². The van der Waals surface area contributed by atoms with Crippen molar-refractivity contribution in [3.05, 3.63) is 29.3 Å². The summed E-state index contributed by atoms with van der Waals surface area (Å²) in [7, 11) is 0. The summed E-state index contributed by atoms with van der Waals surface area (Å²) in [6.45, 7) is 2.35. The number of rotatable bonds is 6. The number of hydrogen-bond acceptors (Lipinski definition) is 4. The molecule has 0 spiro atoms. The Kier molecular flexibility index (Phi) is 5.80. The highest BCUT2D eigenvalue weighted by Gasteiger charge is 2.11. The lowest BCUT2D eigenvalue weighted by atomic mass is 10.2. The normalized spacial score (nSPS) is 11.9. The summed E-state index contributed by atoms with van der Waals surface area (Å²) in [5.74, 6) is -0.391. The Hall–Kier alpha value is -1.26. The highest BCUT2D eigenvalue weighted by Crippen LogP contribution is 2.13. The van der Waals surface area contributed by atoms with Crippen molar-refractivity contribution in [1.82, 2.24) is 0 Å². The Morgan fingerprint density at radius 1 is 1.47 bits per heavy atom. The first-order valence-corrected chi connectivity index (χ1v) is 5.82. The molecule has 1 aromatic carbocycles. The van der Waals surface area contributed by atoms with Crippen LogP contribution in [0.15, 0.2) is 24.3 Å². The highest BCUT2D eigenvalue weighted by atomic mass is 35.5. The molecule has 0 bridgehead atoms. The second-order valence-corrected chi connectivity index (χ2v) is 3.99. The Balaban J connectivity index is 2.30. The fourth-order valence-electron chi connectivity index (χ4n) is 1.29. The van der Waals surface area contributed by atoms with Gasteiger partial charge in [-0.15, -0.1) is 0 Å². The van der Waals surface area contributed by atoms with E-state index in [1.165, 1.54) is 0 Å². The molecule has 0 radical (unpaired) electrons. The molecule has 0 fully saturated rings. The van der Waals surface area contributed by atoms with E-state index in [2.05, 4.69) is 5.32 Å². The van der Waals surface area contributed by atoms with Crippen molar-refractivity contribution in [2.75, 3.05) is 18.5 Å². The van der Waals surface area contributed by atoms with Gasteiger partial charge < -0.3 is 15.2 Å². The van der Waals surface area contributed by atoms with E-state index in [1.54, 1.807) is 31.2 Å². The molecule has 1 unspecified atom stereocenters. The van der Waals surface area contributed by atoms with E-state index < -0.39 is 12.1 Å². The number of esters is 1. The molecule has 0 saturated carbocycles. The second kappa shape index (κ2) is 7.14. The van der Waals surface area contributed by atoms with Crippen molar-refractivity contribution in [3.8, 4) is 0 Å². The van der Waals surface area contributed by atoms with E-state index in [1.807, 2.05) is 0 Å². The van der Waals surface area contributed by atoms with Gasteiger partial charge in [0.25, 0.3) is 0 Å². The predicted octanol–water partition coefficient (Wildman–Crippen LogP) is 2.07. The van der Waals surface area contributed by atoms with Crippen LogP contribution in [0.25, 0.3) is 0 Å². The largest absolute Gasteiger partial charge is 0.466 e. The van der Waals surface area contributed by atoms with Crippen LogP contribution in [0.4, 0.5) is 5.69 Å². The quantitative estimate of drug-likeness (QED) is 0.766. The van der Waals surface area contributed by atoms with Gasteiger partial charge >= 0.3 is 5.97 Å². The smallest absolute Gasteiger partial charge is 0.308 e. The van der Waals surface area contributed by atoms with Crippen molar-refractivity contribution in [3.63, 3.8) is 0 Å². The minimum atomic E-state index is -0.760. The van der Waals surface area contributed by atoms with E-state index in [0.29, 0.717) is 18.2 Å². The first-order chi connectivity index (χ1) is 8.11. The van der Waals surface area contributed by atoms with Crippen LogP contribution in [-0.4, -0.2) is 30.3 Å². The molecule has 4 nitrogen and oxygen atoms in total. The molecule has 1 aromatic rings. The van der Waals surface area contributed by atoms with Gasteiger partial charge in [-0.25, -0.2) is 0 Å². The summed E-state index contributed by atoms with van der Waals surface area (Å²) < 4.78 is 4.74. The van der Waals surface area contributed by atoms with Crippen LogP contribution in [0.2, 0.25) is 5.02 Å². The van der Waals surface area contributed by atoms with E-state index in [9.17, 15) is 9.90 Å². The predicted molar refractivity (Wildman–Crippen MR) is 67.2 cm³/mol. The van der Waals surface area contributed by atoms with Crippen LogP contribution >= 0.6 is 11.6 Å². The van der Waals surface area contributed by atoms with Crippen molar-refractivity contribution in [2.24, 2.45) is 0 Å². The average Bonchev–Trinajstić information content (AvgIpc) is 2.28. The Morgan fingerprint density at radius 3 is 2.71 bits per heavy atom. The van der Waals surface area contributed by atoms with Gasteiger partial charge in [-0.05, 0) is 31.2 Å². The van der Waals surface area contributed by atoms with Crippen molar-refractivity contribution >= 4 is 23.3 Å². The van der Waals surface area contributed by atoms with Gasteiger partial charge in [-0.3, -0.25) is 4.79 Å². The number of hydrogen-bond donors (Lipinski definition) is 2. The monoisotopic (exact) mass is 257 g/mol. The van der Waals surface area contributed by atoms with Gasteiger partial charge in [-0.1, -0.05) is 11.6 Å². The van der Waals surface area contributed by atoms with Crippen LogP contribution in [0.5, 0.6) is 0 Å². The molecular weight excluding hydrogens is 242 g/mol. The molecule has 0 aromatic heterocycles. The van der Waals surface area contributed by atoms with E-state index in [0.717, 1.165) is 5.69 Å². The summed E-state index contributed by atoms with van der Waals surface area (Å²) in [5.41, 5.74) is 0.845. The summed E-state index contributed by atoms with van der Waals surface area (Å²) in [4.78, 5) is 11.1. The molecule has 0 heterocycles. The molecule has 0 aliphatic rings. The summed E-state index contributed by atoms with van der Waals surface area (Å²) in [5, 5.41) is 13.2. The summed E-state index contributed by atoms with van der Waals surface area (Å²) >= 11 is 5.74. The Morgan fingerprint density at radius 2 is 2.12 bits per heavy atom. The molecule has 5 heteroatoms. The third-order valence-corrected chi connectivity index (χ3v) is 2.35. The van der Waals surface area contributed by atoms with E-state index >= 15 is 0 Å². The summed E-state index contributed by atoms with van der Waals surface area (Å²) in [6, 6.07) is 7.11. The SMILES string of the molecule is CCOC(=O)CC(O)CNc1ccc(Cl)cc1. The van der Waals surface area contributed by atoms with Crippen LogP contribution in [-0.2, 0) is 9.53 Å². The summed E-state index contributed by atoms with van der Waals surface area (Å²) in [6.07, 6.45) is -0.765. The molecule has 1 rings (SSSR count). The number of nitrogens with one attached hydrogen (secondary N) is 1.